The van der Waals surface area contributed by atoms with Crippen molar-refractivity contribution in [1.82, 2.24) is 5.43 Å². The number of aromatic hydroxyl groups is 2. The van der Waals surface area contributed by atoms with Crippen molar-refractivity contribution in [3.05, 3.63) is 52.5 Å². The van der Waals surface area contributed by atoms with E-state index in [0.717, 1.165) is 10.2 Å². The third-order valence-electron chi connectivity index (χ3n) is 3.01. The van der Waals surface area contributed by atoms with Crippen molar-refractivity contribution < 1.29 is 15.0 Å². The molecule has 0 bridgehead atoms. The van der Waals surface area contributed by atoms with Crippen molar-refractivity contribution in [3.63, 3.8) is 0 Å². The molecule has 4 N–H and O–H groups in total. The highest BCUT2D eigenvalue weighted by molar-refractivity contribution is 9.10. The lowest BCUT2D eigenvalue weighted by molar-refractivity contribution is -0.121. The SMILES string of the molecule is C[C@@H](Nc1ccc(Br)cc1)C(=O)N/N=C\c1ccc(O)cc1O. The zero-order valence-corrected chi connectivity index (χ0v) is 13.9. The van der Waals surface area contributed by atoms with Crippen LogP contribution in [0.3, 0.4) is 0 Å². The lowest BCUT2D eigenvalue weighted by Crippen LogP contribution is -2.34. The number of carbonyl (C=O) groups is 1. The summed E-state index contributed by atoms with van der Waals surface area (Å²) in [6.07, 6.45) is 1.30. The van der Waals surface area contributed by atoms with Crippen LogP contribution in [0.15, 0.2) is 52.0 Å². The number of benzene rings is 2. The molecule has 1 amide bonds. The summed E-state index contributed by atoms with van der Waals surface area (Å²) < 4.78 is 0.957. The Morgan fingerprint density at radius 3 is 2.57 bits per heavy atom. The maximum atomic E-state index is 11.9. The molecule has 0 aliphatic heterocycles. The predicted octanol–water partition coefficient (Wildman–Crippen LogP) is 2.81. The van der Waals surface area contributed by atoms with Crippen LogP contribution in [0.4, 0.5) is 5.69 Å². The second kappa shape index (κ2) is 7.64. The Morgan fingerprint density at radius 2 is 1.91 bits per heavy atom. The Kier molecular flexibility index (Phi) is 5.59. The smallest absolute Gasteiger partial charge is 0.262 e. The number of halogens is 1. The van der Waals surface area contributed by atoms with Gasteiger partial charge >= 0.3 is 0 Å². The van der Waals surface area contributed by atoms with Gasteiger partial charge in [0.2, 0.25) is 0 Å². The first-order chi connectivity index (χ1) is 11.0. The molecule has 120 valence electrons. The van der Waals surface area contributed by atoms with Crippen LogP contribution in [0.1, 0.15) is 12.5 Å². The number of amides is 1. The molecule has 6 nitrogen and oxygen atoms in total. The number of nitrogens with zero attached hydrogens (tertiary/aromatic N) is 1. The van der Waals surface area contributed by atoms with Gasteiger partial charge in [-0.1, -0.05) is 15.9 Å². The Bertz CT molecular complexity index is 717. The fraction of sp³-hybridized carbons (Fsp3) is 0.125. The van der Waals surface area contributed by atoms with E-state index in [1.54, 1.807) is 6.92 Å². The first kappa shape index (κ1) is 16.8. The van der Waals surface area contributed by atoms with Gasteiger partial charge < -0.3 is 15.5 Å². The van der Waals surface area contributed by atoms with E-state index < -0.39 is 6.04 Å². The van der Waals surface area contributed by atoms with E-state index in [1.165, 1.54) is 24.4 Å². The molecule has 0 spiro atoms. The normalized spacial score (nSPS) is 12.1. The number of hydrazone groups is 1. The van der Waals surface area contributed by atoms with Gasteiger partial charge in [-0.15, -0.1) is 0 Å². The zero-order valence-electron chi connectivity index (χ0n) is 12.3. The number of hydrogen-bond acceptors (Lipinski definition) is 5. The number of anilines is 1. The molecule has 0 aliphatic carbocycles. The number of phenols is 2. The molecule has 0 aliphatic rings. The fourth-order valence-electron chi connectivity index (χ4n) is 1.77. The van der Waals surface area contributed by atoms with Gasteiger partial charge in [-0.05, 0) is 43.3 Å². The summed E-state index contributed by atoms with van der Waals surface area (Å²) in [5, 5.41) is 25.6. The molecular formula is C16H16BrN3O3. The van der Waals surface area contributed by atoms with Crippen LogP contribution >= 0.6 is 15.9 Å². The first-order valence-electron chi connectivity index (χ1n) is 6.82. The predicted molar refractivity (Wildman–Crippen MR) is 92.7 cm³/mol. The van der Waals surface area contributed by atoms with E-state index in [2.05, 4.69) is 31.8 Å². The van der Waals surface area contributed by atoms with Gasteiger partial charge in [-0.3, -0.25) is 4.79 Å². The van der Waals surface area contributed by atoms with E-state index in [-0.39, 0.29) is 17.4 Å². The molecule has 2 rings (SSSR count). The largest absolute Gasteiger partial charge is 0.508 e. The monoisotopic (exact) mass is 377 g/mol. The standard InChI is InChI=1S/C16H16BrN3O3/c1-10(19-13-5-3-12(17)4-6-13)16(23)20-18-9-11-2-7-14(21)8-15(11)22/h2-10,19,21-22H,1H3,(H,20,23)/b18-9-/t10-/m1/s1. The molecule has 0 radical (unpaired) electrons. The summed E-state index contributed by atoms with van der Waals surface area (Å²) in [6.45, 7) is 1.71. The number of carbonyl (C=O) groups excluding carboxylic acids is 1. The summed E-state index contributed by atoms with van der Waals surface area (Å²) in [7, 11) is 0. The topological polar surface area (TPSA) is 94.0 Å². The summed E-state index contributed by atoms with van der Waals surface area (Å²) in [6, 6.07) is 11.1. The minimum atomic E-state index is -0.484. The summed E-state index contributed by atoms with van der Waals surface area (Å²) in [5.74, 6) is -0.484. The fourth-order valence-corrected chi connectivity index (χ4v) is 2.03. The molecule has 2 aromatic rings. The van der Waals surface area contributed by atoms with Crippen LogP contribution in [0.25, 0.3) is 0 Å². The van der Waals surface area contributed by atoms with Gasteiger partial charge in [-0.25, -0.2) is 5.43 Å². The maximum absolute atomic E-state index is 11.9. The second-order valence-electron chi connectivity index (χ2n) is 4.85. The molecule has 0 heterocycles. The molecule has 1 atom stereocenters. The average Bonchev–Trinajstić information content (AvgIpc) is 2.51. The summed E-state index contributed by atoms with van der Waals surface area (Å²) in [4.78, 5) is 11.9. The van der Waals surface area contributed by atoms with E-state index in [0.29, 0.717) is 5.56 Å². The number of phenolic OH excluding ortho intramolecular Hbond substituents is 2. The molecular weight excluding hydrogens is 362 g/mol. The molecule has 0 saturated carbocycles. The molecule has 2 aromatic carbocycles. The molecule has 0 unspecified atom stereocenters. The van der Waals surface area contributed by atoms with E-state index >= 15 is 0 Å². The van der Waals surface area contributed by atoms with Crippen LogP contribution < -0.4 is 10.7 Å². The summed E-state index contributed by atoms with van der Waals surface area (Å²) >= 11 is 3.34. The Balaban J connectivity index is 1.90. The van der Waals surface area contributed by atoms with Gasteiger partial charge in [0.05, 0.1) is 6.21 Å². The molecule has 0 fully saturated rings. The van der Waals surface area contributed by atoms with Gasteiger partial charge in [0.1, 0.15) is 17.5 Å². The molecule has 0 aromatic heterocycles. The van der Waals surface area contributed by atoms with Crippen LogP contribution in [0.5, 0.6) is 11.5 Å². The van der Waals surface area contributed by atoms with Gasteiger partial charge in [0.15, 0.2) is 0 Å². The van der Waals surface area contributed by atoms with E-state index in [1.807, 2.05) is 24.3 Å². The zero-order chi connectivity index (χ0) is 16.8. The Labute approximate surface area is 142 Å². The van der Waals surface area contributed by atoms with E-state index in [9.17, 15) is 15.0 Å². The lowest BCUT2D eigenvalue weighted by Gasteiger charge is -2.13. The highest BCUT2D eigenvalue weighted by Crippen LogP contribution is 2.20. The second-order valence-corrected chi connectivity index (χ2v) is 5.77. The highest BCUT2D eigenvalue weighted by Gasteiger charge is 2.11. The van der Waals surface area contributed by atoms with Crippen LogP contribution in [0, 0.1) is 0 Å². The number of rotatable bonds is 5. The third kappa shape index (κ3) is 5.00. The minimum Gasteiger partial charge on any atom is -0.508 e. The quantitative estimate of drug-likeness (QED) is 0.476. The summed E-state index contributed by atoms with van der Waals surface area (Å²) in [5.41, 5.74) is 3.59. The van der Waals surface area contributed by atoms with Crippen molar-refractivity contribution >= 4 is 33.7 Å². The van der Waals surface area contributed by atoms with Gasteiger partial charge in [0, 0.05) is 21.8 Å². The van der Waals surface area contributed by atoms with Crippen molar-refractivity contribution in [1.29, 1.82) is 0 Å². The lowest BCUT2D eigenvalue weighted by atomic mass is 10.2. The number of hydrogen-bond donors (Lipinski definition) is 4. The highest BCUT2D eigenvalue weighted by atomic mass is 79.9. The molecule has 7 heteroatoms. The number of nitrogens with one attached hydrogen (secondary N) is 2. The maximum Gasteiger partial charge on any atom is 0.262 e. The van der Waals surface area contributed by atoms with Crippen LogP contribution in [-0.2, 0) is 4.79 Å². The Hall–Kier alpha value is -2.54. The Morgan fingerprint density at radius 1 is 1.22 bits per heavy atom. The molecule has 0 saturated heterocycles. The van der Waals surface area contributed by atoms with Crippen molar-refractivity contribution in [2.24, 2.45) is 5.10 Å². The van der Waals surface area contributed by atoms with E-state index in [4.69, 9.17) is 0 Å². The van der Waals surface area contributed by atoms with Gasteiger partial charge in [-0.2, -0.15) is 5.10 Å². The van der Waals surface area contributed by atoms with Crippen LogP contribution in [0.2, 0.25) is 0 Å². The first-order valence-corrected chi connectivity index (χ1v) is 7.62. The van der Waals surface area contributed by atoms with Crippen molar-refractivity contribution in [2.75, 3.05) is 5.32 Å². The van der Waals surface area contributed by atoms with Crippen molar-refractivity contribution in [2.45, 2.75) is 13.0 Å². The average molecular weight is 378 g/mol. The third-order valence-corrected chi connectivity index (χ3v) is 3.54. The van der Waals surface area contributed by atoms with Crippen LogP contribution in [-0.4, -0.2) is 28.4 Å². The minimum absolute atomic E-state index is 0.0454. The van der Waals surface area contributed by atoms with Gasteiger partial charge in [0.25, 0.3) is 5.91 Å². The van der Waals surface area contributed by atoms with Crippen molar-refractivity contribution in [3.8, 4) is 11.5 Å². The molecule has 23 heavy (non-hydrogen) atoms.